The number of hydrogen-bond donors (Lipinski definition) is 1. The molecule has 0 saturated heterocycles. The second-order valence-corrected chi connectivity index (χ2v) is 4.28. The topological polar surface area (TPSA) is 69.4 Å². The van der Waals surface area contributed by atoms with Crippen LogP contribution in [0.3, 0.4) is 0 Å². The zero-order valence-corrected chi connectivity index (χ0v) is 8.04. The summed E-state index contributed by atoms with van der Waals surface area (Å²) < 4.78 is 18.1. The quantitative estimate of drug-likeness (QED) is 0.597. The molecule has 4 nitrogen and oxygen atoms in total. The number of carbonyl (C=O) groups is 2. The lowest BCUT2D eigenvalue weighted by Gasteiger charge is -2.23. The smallest absolute Gasteiger partial charge is 0.326 e. The fourth-order valence-corrected chi connectivity index (χ4v) is 2.68. The predicted octanol–water partition coefficient (Wildman–Crippen LogP) is -0.196. The maximum atomic E-state index is 13.6. The Balaban J connectivity index is 2.33. The van der Waals surface area contributed by atoms with Crippen molar-refractivity contribution in [3.8, 4) is 0 Å². The number of ketones is 1. The van der Waals surface area contributed by atoms with Gasteiger partial charge >= 0.3 is 5.97 Å². The van der Waals surface area contributed by atoms with Crippen molar-refractivity contribution in [3.05, 3.63) is 0 Å². The summed E-state index contributed by atoms with van der Waals surface area (Å²) in [7, 11) is 1.19. The molecule has 0 heterocycles. The molecule has 2 N–H and O–H groups in total. The summed E-state index contributed by atoms with van der Waals surface area (Å²) in [6.45, 7) is 1.31. The molecule has 0 aromatic carbocycles. The van der Waals surface area contributed by atoms with E-state index in [-0.39, 0.29) is 12.2 Å². The summed E-state index contributed by atoms with van der Waals surface area (Å²) >= 11 is 0. The van der Waals surface area contributed by atoms with E-state index in [4.69, 9.17) is 5.73 Å². The minimum absolute atomic E-state index is 0.103. The fraction of sp³-hybridized carbons (Fsp3) is 0.778. The van der Waals surface area contributed by atoms with Gasteiger partial charge in [0, 0.05) is 12.3 Å². The molecule has 14 heavy (non-hydrogen) atoms. The second-order valence-electron chi connectivity index (χ2n) is 4.28. The van der Waals surface area contributed by atoms with Crippen molar-refractivity contribution in [1.29, 1.82) is 0 Å². The van der Waals surface area contributed by atoms with Gasteiger partial charge in [0.25, 0.3) is 0 Å². The lowest BCUT2D eigenvalue weighted by Crippen LogP contribution is -2.52. The zero-order valence-electron chi connectivity index (χ0n) is 8.04. The number of hydrogen-bond acceptors (Lipinski definition) is 4. The summed E-state index contributed by atoms with van der Waals surface area (Å²) in [6, 6.07) is 0. The van der Waals surface area contributed by atoms with E-state index in [1.54, 1.807) is 0 Å². The van der Waals surface area contributed by atoms with Gasteiger partial charge in [0.05, 0.1) is 13.0 Å². The third-order valence-electron chi connectivity index (χ3n) is 3.37. The maximum absolute atomic E-state index is 13.6. The SMILES string of the molecule is COC(=O)C1(N)CC(=O)C2C1[C@]2(C)F. The van der Waals surface area contributed by atoms with E-state index in [9.17, 15) is 14.0 Å². The van der Waals surface area contributed by atoms with Crippen molar-refractivity contribution < 1.29 is 18.7 Å². The standard InChI is InChI=1S/C9H12FNO3/c1-8(10)5-4(12)3-9(11,6(5)8)7(13)14-2/h5-6H,3,11H2,1-2H3/t5?,6?,8-,9?/m1/s1. The van der Waals surface area contributed by atoms with Crippen LogP contribution >= 0.6 is 0 Å². The van der Waals surface area contributed by atoms with Crippen LogP contribution in [0, 0.1) is 11.8 Å². The summed E-state index contributed by atoms with van der Waals surface area (Å²) in [4.78, 5) is 22.7. The molecule has 0 spiro atoms. The first kappa shape index (κ1) is 9.58. The van der Waals surface area contributed by atoms with Crippen LogP contribution < -0.4 is 5.73 Å². The number of carbonyl (C=O) groups excluding carboxylic acids is 2. The third-order valence-corrected chi connectivity index (χ3v) is 3.37. The van der Waals surface area contributed by atoms with Crippen LogP contribution in [-0.2, 0) is 14.3 Å². The Bertz CT molecular complexity index is 328. The van der Waals surface area contributed by atoms with E-state index < -0.39 is 29.0 Å². The summed E-state index contributed by atoms with van der Waals surface area (Å²) in [5.41, 5.74) is 2.66. The number of nitrogens with two attached hydrogens (primary N) is 1. The van der Waals surface area contributed by atoms with E-state index >= 15 is 0 Å². The van der Waals surface area contributed by atoms with E-state index in [1.807, 2.05) is 0 Å². The Morgan fingerprint density at radius 1 is 1.71 bits per heavy atom. The first-order chi connectivity index (χ1) is 6.35. The Morgan fingerprint density at radius 3 is 2.64 bits per heavy atom. The van der Waals surface area contributed by atoms with Gasteiger partial charge in [-0.05, 0) is 6.92 Å². The molecule has 2 saturated carbocycles. The number of Topliss-reactive ketones (excluding diaryl/α,β-unsaturated/α-hetero) is 1. The van der Waals surface area contributed by atoms with Gasteiger partial charge in [-0.25, -0.2) is 4.39 Å². The Kier molecular flexibility index (Phi) is 1.60. The first-order valence-corrected chi connectivity index (χ1v) is 4.44. The molecule has 0 aliphatic heterocycles. The number of methoxy groups -OCH3 is 1. The van der Waals surface area contributed by atoms with Gasteiger partial charge in [-0.3, -0.25) is 9.59 Å². The molecule has 0 aromatic rings. The normalized spacial score (nSPS) is 50.1. The highest BCUT2D eigenvalue weighted by molar-refractivity contribution is 6.00. The van der Waals surface area contributed by atoms with E-state index in [1.165, 1.54) is 14.0 Å². The molecule has 0 radical (unpaired) electrons. The Labute approximate surface area is 80.6 Å². The molecule has 0 amide bonds. The van der Waals surface area contributed by atoms with Crippen LogP contribution in [-0.4, -0.2) is 30.1 Å². The fourth-order valence-electron chi connectivity index (χ4n) is 2.68. The Morgan fingerprint density at radius 2 is 2.29 bits per heavy atom. The molecule has 4 atom stereocenters. The van der Waals surface area contributed by atoms with Crippen molar-refractivity contribution in [2.45, 2.75) is 24.6 Å². The van der Waals surface area contributed by atoms with Crippen LogP contribution in [0.25, 0.3) is 0 Å². The van der Waals surface area contributed by atoms with E-state index in [0.29, 0.717) is 0 Å². The molecule has 5 heteroatoms. The lowest BCUT2D eigenvalue weighted by molar-refractivity contribution is -0.149. The molecular weight excluding hydrogens is 189 g/mol. The largest absolute Gasteiger partial charge is 0.468 e. The van der Waals surface area contributed by atoms with Crippen LogP contribution in [0.4, 0.5) is 4.39 Å². The molecular formula is C9H12FNO3. The average Bonchev–Trinajstić information content (AvgIpc) is 2.54. The van der Waals surface area contributed by atoms with Crippen LogP contribution in [0.2, 0.25) is 0 Å². The molecule has 2 rings (SSSR count). The first-order valence-electron chi connectivity index (χ1n) is 4.44. The molecule has 0 aromatic heterocycles. The van der Waals surface area contributed by atoms with Crippen LogP contribution in [0.15, 0.2) is 0 Å². The van der Waals surface area contributed by atoms with Gasteiger partial charge in [-0.2, -0.15) is 0 Å². The molecule has 2 fully saturated rings. The summed E-state index contributed by atoms with van der Waals surface area (Å²) in [5, 5.41) is 0. The van der Waals surface area contributed by atoms with Gasteiger partial charge in [0.2, 0.25) is 0 Å². The minimum atomic E-state index is -1.63. The van der Waals surface area contributed by atoms with Gasteiger partial charge in [0.15, 0.2) is 0 Å². The maximum Gasteiger partial charge on any atom is 0.326 e. The highest BCUT2D eigenvalue weighted by atomic mass is 19.1. The number of alkyl halides is 1. The van der Waals surface area contributed by atoms with Gasteiger partial charge in [-0.15, -0.1) is 0 Å². The molecule has 3 unspecified atom stereocenters. The second kappa shape index (κ2) is 2.34. The molecule has 78 valence electrons. The van der Waals surface area contributed by atoms with Gasteiger partial charge in [0.1, 0.15) is 17.0 Å². The lowest BCUT2D eigenvalue weighted by atomic mass is 9.91. The number of rotatable bonds is 1. The van der Waals surface area contributed by atoms with Gasteiger partial charge < -0.3 is 10.5 Å². The minimum Gasteiger partial charge on any atom is -0.468 e. The van der Waals surface area contributed by atoms with Crippen molar-refractivity contribution in [3.63, 3.8) is 0 Å². The van der Waals surface area contributed by atoms with Crippen molar-refractivity contribution in [2.75, 3.05) is 7.11 Å². The zero-order chi connectivity index (χ0) is 10.7. The van der Waals surface area contributed by atoms with Crippen molar-refractivity contribution >= 4 is 11.8 Å². The highest BCUT2D eigenvalue weighted by Crippen LogP contribution is 2.64. The number of halogens is 1. The molecule has 2 aliphatic rings. The number of esters is 1. The van der Waals surface area contributed by atoms with E-state index in [2.05, 4.69) is 4.74 Å². The van der Waals surface area contributed by atoms with Crippen LogP contribution in [0.5, 0.6) is 0 Å². The monoisotopic (exact) mass is 201 g/mol. The number of ether oxygens (including phenoxy) is 1. The Hall–Kier alpha value is -0.970. The highest BCUT2D eigenvalue weighted by Gasteiger charge is 2.79. The molecule has 0 bridgehead atoms. The van der Waals surface area contributed by atoms with Crippen LogP contribution in [0.1, 0.15) is 13.3 Å². The summed E-state index contributed by atoms with van der Waals surface area (Å²) in [6.07, 6.45) is -0.103. The van der Waals surface area contributed by atoms with Crippen molar-refractivity contribution in [2.24, 2.45) is 17.6 Å². The van der Waals surface area contributed by atoms with Gasteiger partial charge in [-0.1, -0.05) is 0 Å². The number of fused-ring (bicyclic) bond motifs is 1. The summed E-state index contributed by atoms with van der Waals surface area (Å²) in [5.74, 6) is -2.37. The van der Waals surface area contributed by atoms with E-state index in [0.717, 1.165) is 0 Å². The molecule has 2 aliphatic carbocycles. The predicted molar refractivity (Wildman–Crippen MR) is 45.1 cm³/mol. The third kappa shape index (κ3) is 0.855. The van der Waals surface area contributed by atoms with Crippen molar-refractivity contribution in [1.82, 2.24) is 0 Å². The average molecular weight is 201 g/mol.